The molecule has 0 radical (unpaired) electrons. The number of allylic oxidation sites excluding steroid dienone is 4. The normalized spacial score (nSPS) is 34.2. The highest BCUT2D eigenvalue weighted by atomic mass is 28.4. The first-order chi connectivity index (χ1) is 20.2. The largest absolute Gasteiger partial charge is 0.413 e. The summed E-state index contributed by atoms with van der Waals surface area (Å²) in [5.41, 5.74) is 4.49. The Labute approximate surface area is 274 Å². The van der Waals surface area contributed by atoms with Crippen LogP contribution in [0.3, 0.4) is 0 Å². The highest BCUT2D eigenvalue weighted by Gasteiger charge is 2.50. The van der Waals surface area contributed by atoms with Crippen molar-refractivity contribution in [3.8, 4) is 0 Å². The molecule has 4 saturated carbocycles. The fourth-order valence-corrected chi connectivity index (χ4v) is 10.6. The number of hydrogen-bond acceptors (Lipinski definition) is 3. The zero-order valence-corrected chi connectivity index (χ0v) is 32.7. The van der Waals surface area contributed by atoms with E-state index in [0.717, 1.165) is 12.8 Å². The van der Waals surface area contributed by atoms with Gasteiger partial charge in [-0.3, -0.25) is 0 Å². The van der Waals surface area contributed by atoms with Crippen LogP contribution in [0.5, 0.6) is 0 Å². The van der Waals surface area contributed by atoms with Gasteiger partial charge in [-0.2, -0.15) is 0 Å². The average Bonchev–Trinajstić information content (AvgIpc) is 3.68. The van der Waals surface area contributed by atoms with Gasteiger partial charge >= 0.3 is 0 Å². The van der Waals surface area contributed by atoms with Gasteiger partial charge in [0.15, 0.2) is 16.6 Å². The van der Waals surface area contributed by atoms with Gasteiger partial charge in [0.1, 0.15) is 0 Å². The van der Waals surface area contributed by atoms with E-state index >= 15 is 0 Å². The van der Waals surface area contributed by atoms with Crippen molar-refractivity contribution in [1.82, 2.24) is 0 Å². The lowest BCUT2D eigenvalue weighted by molar-refractivity contribution is 0.0969. The Bertz CT molecular complexity index is 1130. The van der Waals surface area contributed by atoms with Crippen LogP contribution in [-0.2, 0) is 8.85 Å². The predicted molar refractivity (Wildman–Crippen MR) is 194 cm³/mol. The second kappa shape index (κ2) is 13.1. The molecule has 4 aliphatic rings. The molecule has 0 spiro atoms. The van der Waals surface area contributed by atoms with Gasteiger partial charge in [-0.05, 0) is 128 Å². The average molecular weight is 641 g/mol. The first-order valence-corrected chi connectivity index (χ1v) is 23.8. The Morgan fingerprint density at radius 3 is 2.11 bits per heavy atom. The molecule has 3 nitrogen and oxygen atoms in total. The van der Waals surface area contributed by atoms with Crippen LogP contribution < -0.4 is 0 Å². The van der Waals surface area contributed by atoms with Crippen molar-refractivity contribution in [1.29, 1.82) is 0 Å². The number of aliphatic hydroxyl groups excluding tert-OH is 1. The van der Waals surface area contributed by atoms with Gasteiger partial charge in [-0.1, -0.05) is 91.8 Å². The zero-order valence-electron chi connectivity index (χ0n) is 30.7. The first-order valence-electron chi connectivity index (χ1n) is 18.0. The van der Waals surface area contributed by atoms with E-state index in [2.05, 4.69) is 112 Å². The van der Waals surface area contributed by atoms with Crippen LogP contribution in [0.1, 0.15) is 113 Å². The zero-order chi connectivity index (χ0) is 32.9. The van der Waals surface area contributed by atoms with Crippen LogP contribution in [0.4, 0.5) is 0 Å². The minimum Gasteiger partial charge on any atom is -0.413 e. The Morgan fingerprint density at radius 1 is 0.909 bits per heavy atom. The molecular formula is C39H68O3Si2. The van der Waals surface area contributed by atoms with E-state index < -0.39 is 16.6 Å². The molecule has 44 heavy (non-hydrogen) atoms. The predicted octanol–water partition coefficient (Wildman–Crippen LogP) is 11.1. The van der Waals surface area contributed by atoms with Crippen LogP contribution in [0.15, 0.2) is 47.6 Å². The second-order valence-electron chi connectivity index (χ2n) is 18.4. The summed E-state index contributed by atoms with van der Waals surface area (Å²) >= 11 is 0. The lowest BCUT2D eigenvalue weighted by Gasteiger charge is -2.45. The highest BCUT2D eigenvalue weighted by Crippen LogP contribution is 2.59. The maximum atomic E-state index is 10.5. The molecule has 250 valence electrons. The molecule has 4 fully saturated rings. The SMILES string of the molecule is C=C1C(=C/C=C2\CCC[C@]3(C)[C@@H]([C@H](C)/C=C/[C@H](O)C4CC4)CC[C@@H]23)C[C@@H](O[Si](C)(C)C(C)(C)C)C[C@@H]1O[Si](C)(C)C(C)(C)C. The third kappa shape index (κ3) is 7.86. The molecule has 4 aliphatic carbocycles. The molecule has 0 heterocycles. The molecule has 7 atom stereocenters. The van der Waals surface area contributed by atoms with Crippen molar-refractivity contribution in [2.24, 2.45) is 29.1 Å². The van der Waals surface area contributed by atoms with Gasteiger partial charge < -0.3 is 14.0 Å². The number of rotatable bonds is 9. The molecule has 0 saturated heterocycles. The number of fused-ring (bicyclic) bond motifs is 1. The molecule has 0 aliphatic heterocycles. The van der Waals surface area contributed by atoms with Gasteiger partial charge in [-0.15, -0.1) is 0 Å². The standard InChI is InChI=1S/C39H68O3Si2/c1-27(16-23-35(40)30-18-19-30)33-21-22-34-29(15-14-24-39(33,34)9)17-20-31-25-32(41-43(10,11)37(3,4)5)26-36(28(31)2)42-44(12,13)38(6,7)8/h16-17,20,23,27,30,32-36,40H,2,14-15,18-19,21-22,24-26H2,1,3-13H3/b23-16+,29-17+,31-20?/t27-,32-,33-,34+,35+,36+,39-/m1/s1. The molecule has 0 bridgehead atoms. The lowest BCUT2D eigenvalue weighted by Crippen LogP contribution is -2.49. The quantitative estimate of drug-likeness (QED) is 0.201. The molecule has 0 unspecified atom stereocenters. The molecule has 0 aromatic rings. The maximum absolute atomic E-state index is 10.5. The highest BCUT2D eigenvalue weighted by molar-refractivity contribution is 6.74. The minimum absolute atomic E-state index is 0.0233. The van der Waals surface area contributed by atoms with Crippen molar-refractivity contribution < 1.29 is 14.0 Å². The number of aliphatic hydroxyl groups is 1. The van der Waals surface area contributed by atoms with Crippen LogP contribution in [-0.4, -0.2) is 40.1 Å². The van der Waals surface area contributed by atoms with E-state index in [1.165, 1.54) is 56.1 Å². The summed E-state index contributed by atoms with van der Waals surface area (Å²) in [6, 6.07) is 0. The minimum atomic E-state index is -1.98. The van der Waals surface area contributed by atoms with E-state index in [9.17, 15) is 5.11 Å². The van der Waals surface area contributed by atoms with E-state index in [4.69, 9.17) is 8.85 Å². The molecule has 1 N–H and O–H groups in total. The van der Waals surface area contributed by atoms with Gasteiger partial charge in [-0.25, -0.2) is 0 Å². The summed E-state index contributed by atoms with van der Waals surface area (Å²) in [6.45, 7) is 33.2. The summed E-state index contributed by atoms with van der Waals surface area (Å²) < 4.78 is 14.2. The summed E-state index contributed by atoms with van der Waals surface area (Å²) in [4.78, 5) is 0. The van der Waals surface area contributed by atoms with Gasteiger partial charge in [0.2, 0.25) is 0 Å². The monoisotopic (exact) mass is 640 g/mol. The third-order valence-electron chi connectivity index (χ3n) is 13.1. The van der Waals surface area contributed by atoms with Gasteiger partial charge in [0.05, 0.1) is 18.3 Å². The maximum Gasteiger partial charge on any atom is 0.192 e. The van der Waals surface area contributed by atoms with E-state index in [1.807, 2.05) is 0 Å². The Balaban J connectivity index is 1.57. The summed E-state index contributed by atoms with van der Waals surface area (Å²) in [5.74, 6) is 2.35. The van der Waals surface area contributed by atoms with Crippen LogP contribution in [0, 0.1) is 29.1 Å². The fraction of sp³-hybridized carbons (Fsp3) is 0.795. The summed E-state index contributed by atoms with van der Waals surface area (Å²) in [5, 5.41) is 10.8. The fourth-order valence-electron chi connectivity index (χ4n) is 7.93. The van der Waals surface area contributed by atoms with Crippen LogP contribution in [0.2, 0.25) is 36.3 Å². The molecule has 0 aromatic carbocycles. The van der Waals surface area contributed by atoms with E-state index in [1.54, 1.807) is 5.57 Å². The third-order valence-corrected chi connectivity index (χ3v) is 22.1. The molecule has 4 rings (SSSR count). The van der Waals surface area contributed by atoms with E-state index in [0.29, 0.717) is 29.1 Å². The van der Waals surface area contributed by atoms with Gasteiger partial charge in [0.25, 0.3) is 0 Å². The Kier molecular flexibility index (Phi) is 10.7. The van der Waals surface area contributed by atoms with Crippen molar-refractivity contribution in [3.05, 3.63) is 47.6 Å². The van der Waals surface area contributed by atoms with Gasteiger partial charge in [0, 0.05) is 6.42 Å². The first kappa shape index (κ1) is 36.1. The van der Waals surface area contributed by atoms with Crippen molar-refractivity contribution >= 4 is 16.6 Å². The molecule has 0 aromatic heterocycles. The topological polar surface area (TPSA) is 38.7 Å². The second-order valence-corrected chi connectivity index (χ2v) is 27.9. The smallest absolute Gasteiger partial charge is 0.192 e. The molecule has 0 amide bonds. The van der Waals surface area contributed by atoms with Crippen molar-refractivity contribution in [2.75, 3.05) is 0 Å². The summed E-state index contributed by atoms with van der Waals surface area (Å²) in [6.07, 6.45) is 19.9. The van der Waals surface area contributed by atoms with E-state index in [-0.39, 0.29) is 28.4 Å². The Hall–Kier alpha value is -0.726. The van der Waals surface area contributed by atoms with Crippen LogP contribution >= 0.6 is 0 Å². The lowest BCUT2D eigenvalue weighted by atomic mass is 9.61. The summed E-state index contributed by atoms with van der Waals surface area (Å²) in [7, 11) is -3.90. The molecular weight excluding hydrogens is 573 g/mol. The number of hydrogen-bond donors (Lipinski definition) is 1. The molecule has 5 heteroatoms. The van der Waals surface area contributed by atoms with Crippen molar-refractivity contribution in [3.63, 3.8) is 0 Å². The Morgan fingerprint density at radius 2 is 1.52 bits per heavy atom. The van der Waals surface area contributed by atoms with Crippen LogP contribution in [0.25, 0.3) is 0 Å². The van der Waals surface area contributed by atoms with Crippen molar-refractivity contribution in [2.45, 2.75) is 168 Å².